The molecule has 1 atom stereocenters. The van der Waals surface area contributed by atoms with Crippen molar-refractivity contribution in [2.45, 2.75) is 12.5 Å². The molecule has 3 rings (SSSR count). The Labute approximate surface area is 123 Å². The maximum atomic E-state index is 9.61. The third kappa shape index (κ3) is 2.87. The predicted octanol–water partition coefficient (Wildman–Crippen LogP) is 1.98. The van der Waals surface area contributed by atoms with Gasteiger partial charge in [0.05, 0.1) is 24.5 Å². The maximum Gasteiger partial charge on any atom is 0.154 e. The van der Waals surface area contributed by atoms with Gasteiger partial charge in [0.1, 0.15) is 5.52 Å². The van der Waals surface area contributed by atoms with E-state index >= 15 is 0 Å². The van der Waals surface area contributed by atoms with Gasteiger partial charge in [0.15, 0.2) is 5.82 Å². The molecule has 5 nitrogen and oxygen atoms in total. The van der Waals surface area contributed by atoms with Crippen molar-refractivity contribution in [2.24, 2.45) is 7.05 Å². The molecule has 0 saturated heterocycles. The van der Waals surface area contributed by atoms with Crippen LogP contribution in [0, 0.1) is 0 Å². The van der Waals surface area contributed by atoms with Crippen molar-refractivity contribution in [3.05, 3.63) is 54.5 Å². The molecule has 1 aromatic carbocycles. The topological polar surface area (TPSA) is 63.0 Å². The first kappa shape index (κ1) is 13.6. The summed E-state index contributed by atoms with van der Waals surface area (Å²) in [7, 11) is 1.95. The number of pyridine rings is 1. The standard InChI is InChI=1S/C16H18N4O/c1-20-11-18-15-14(20)7-8-17-16(15)19-13(10-21)9-12-5-3-2-4-6-12/h2-8,11,13,21H,9-10H2,1H3,(H,17,19). The molecule has 2 heterocycles. The second kappa shape index (κ2) is 5.93. The van der Waals surface area contributed by atoms with Gasteiger partial charge in [-0.15, -0.1) is 0 Å². The summed E-state index contributed by atoms with van der Waals surface area (Å²) in [6.07, 6.45) is 4.26. The van der Waals surface area contributed by atoms with Crippen LogP contribution >= 0.6 is 0 Å². The van der Waals surface area contributed by atoms with Crippen molar-refractivity contribution in [3.8, 4) is 0 Å². The number of hydrogen-bond donors (Lipinski definition) is 2. The number of aliphatic hydroxyl groups excluding tert-OH is 1. The first-order chi connectivity index (χ1) is 10.3. The average Bonchev–Trinajstić information content (AvgIpc) is 2.90. The summed E-state index contributed by atoms with van der Waals surface area (Å²) in [5.41, 5.74) is 3.02. The summed E-state index contributed by atoms with van der Waals surface area (Å²) >= 11 is 0. The van der Waals surface area contributed by atoms with E-state index in [0.717, 1.165) is 17.5 Å². The Balaban J connectivity index is 1.82. The van der Waals surface area contributed by atoms with Gasteiger partial charge in [-0.3, -0.25) is 0 Å². The van der Waals surface area contributed by atoms with Crippen LogP contribution in [0.3, 0.4) is 0 Å². The quantitative estimate of drug-likeness (QED) is 0.751. The molecule has 2 aromatic heterocycles. The Morgan fingerprint density at radius 2 is 2.00 bits per heavy atom. The number of fused-ring (bicyclic) bond motifs is 1. The molecule has 3 aromatic rings. The Bertz CT molecular complexity index is 723. The fraction of sp³-hybridized carbons (Fsp3) is 0.250. The van der Waals surface area contributed by atoms with E-state index in [1.165, 1.54) is 5.56 Å². The maximum absolute atomic E-state index is 9.61. The van der Waals surface area contributed by atoms with E-state index < -0.39 is 0 Å². The van der Waals surface area contributed by atoms with Crippen LogP contribution in [0.1, 0.15) is 5.56 Å². The van der Waals surface area contributed by atoms with Crippen LogP contribution in [0.4, 0.5) is 5.82 Å². The third-order valence-corrected chi connectivity index (χ3v) is 3.53. The first-order valence-electron chi connectivity index (χ1n) is 6.95. The van der Waals surface area contributed by atoms with Crippen molar-refractivity contribution >= 4 is 16.9 Å². The number of imidazole rings is 1. The van der Waals surface area contributed by atoms with Gasteiger partial charge in [-0.1, -0.05) is 30.3 Å². The highest BCUT2D eigenvalue weighted by molar-refractivity contribution is 5.85. The number of anilines is 1. The van der Waals surface area contributed by atoms with Gasteiger partial charge < -0.3 is 15.0 Å². The molecule has 0 bridgehead atoms. The number of nitrogens with zero attached hydrogens (tertiary/aromatic N) is 3. The van der Waals surface area contributed by atoms with Crippen LogP contribution in [-0.4, -0.2) is 32.3 Å². The van der Waals surface area contributed by atoms with Crippen molar-refractivity contribution < 1.29 is 5.11 Å². The van der Waals surface area contributed by atoms with Gasteiger partial charge >= 0.3 is 0 Å². The summed E-state index contributed by atoms with van der Waals surface area (Å²) in [6, 6.07) is 11.9. The Kier molecular flexibility index (Phi) is 3.83. The second-order valence-corrected chi connectivity index (χ2v) is 5.10. The van der Waals surface area contributed by atoms with Crippen LogP contribution < -0.4 is 5.32 Å². The van der Waals surface area contributed by atoms with E-state index in [9.17, 15) is 5.11 Å². The molecule has 0 aliphatic carbocycles. The molecule has 5 heteroatoms. The zero-order valence-electron chi connectivity index (χ0n) is 11.9. The minimum Gasteiger partial charge on any atom is -0.394 e. The van der Waals surface area contributed by atoms with E-state index in [2.05, 4.69) is 27.4 Å². The van der Waals surface area contributed by atoms with Crippen molar-refractivity contribution in [2.75, 3.05) is 11.9 Å². The van der Waals surface area contributed by atoms with E-state index in [-0.39, 0.29) is 12.6 Å². The molecular formula is C16H18N4O. The molecule has 21 heavy (non-hydrogen) atoms. The minimum atomic E-state index is -0.0903. The number of aryl methyl sites for hydroxylation is 1. The number of benzene rings is 1. The van der Waals surface area contributed by atoms with Crippen LogP contribution in [0.5, 0.6) is 0 Å². The fourth-order valence-corrected chi connectivity index (χ4v) is 2.42. The van der Waals surface area contributed by atoms with Gasteiger partial charge in [0.25, 0.3) is 0 Å². The monoisotopic (exact) mass is 282 g/mol. The van der Waals surface area contributed by atoms with E-state index in [1.807, 2.05) is 35.9 Å². The molecule has 0 aliphatic heterocycles. The fourth-order valence-electron chi connectivity index (χ4n) is 2.42. The normalized spacial score (nSPS) is 12.5. The lowest BCUT2D eigenvalue weighted by atomic mass is 10.1. The van der Waals surface area contributed by atoms with Crippen molar-refractivity contribution in [1.29, 1.82) is 0 Å². The highest BCUT2D eigenvalue weighted by Crippen LogP contribution is 2.19. The van der Waals surface area contributed by atoms with E-state index in [0.29, 0.717) is 5.82 Å². The molecule has 0 spiro atoms. The lowest BCUT2D eigenvalue weighted by Crippen LogP contribution is -2.27. The minimum absolute atomic E-state index is 0.0415. The molecule has 1 unspecified atom stereocenters. The highest BCUT2D eigenvalue weighted by Gasteiger charge is 2.13. The van der Waals surface area contributed by atoms with Crippen LogP contribution in [0.2, 0.25) is 0 Å². The molecule has 0 aliphatic rings. The predicted molar refractivity (Wildman–Crippen MR) is 83.2 cm³/mol. The van der Waals surface area contributed by atoms with Gasteiger partial charge in [0, 0.05) is 13.2 Å². The molecule has 108 valence electrons. The SMILES string of the molecule is Cn1cnc2c(NC(CO)Cc3ccccc3)nccc21. The number of aliphatic hydroxyl groups is 1. The number of rotatable bonds is 5. The van der Waals surface area contributed by atoms with Gasteiger partial charge in [-0.05, 0) is 18.1 Å². The Hall–Kier alpha value is -2.40. The highest BCUT2D eigenvalue weighted by atomic mass is 16.3. The lowest BCUT2D eigenvalue weighted by Gasteiger charge is -2.17. The summed E-state index contributed by atoms with van der Waals surface area (Å²) in [6.45, 7) is 0.0415. The summed E-state index contributed by atoms with van der Waals surface area (Å²) in [5, 5.41) is 12.9. The zero-order valence-corrected chi connectivity index (χ0v) is 11.9. The molecule has 0 saturated carbocycles. The van der Waals surface area contributed by atoms with Gasteiger partial charge in [-0.2, -0.15) is 0 Å². The second-order valence-electron chi connectivity index (χ2n) is 5.10. The van der Waals surface area contributed by atoms with Crippen LogP contribution in [0.25, 0.3) is 11.0 Å². The third-order valence-electron chi connectivity index (χ3n) is 3.53. The Morgan fingerprint density at radius 1 is 1.19 bits per heavy atom. The van der Waals surface area contributed by atoms with Gasteiger partial charge in [0.2, 0.25) is 0 Å². The van der Waals surface area contributed by atoms with E-state index in [1.54, 1.807) is 12.5 Å². The summed E-state index contributed by atoms with van der Waals surface area (Å²) in [4.78, 5) is 8.72. The van der Waals surface area contributed by atoms with E-state index in [4.69, 9.17) is 0 Å². The van der Waals surface area contributed by atoms with Crippen LogP contribution in [-0.2, 0) is 13.5 Å². The molecule has 0 amide bonds. The average molecular weight is 282 g/mol. The smallest absolute Gasteiger partial charge is 0.154 e. The molecular weight excluding hydrogens is 264 g/mol. The molecule has 2 N–H and O–H groups in total. The summed E-state index contributed by atoms with van der Waals surface area (Å²) in [5.74, 6) is 0.711. The Morgan fingerprint density at radius 3 is 2.76 bits per heavy atom. The summed E-state index contributed by atoms with van der Waals surface area (Å²) < 4.78 is 1.95. The number of hydrogen-bond acceptors (Lipinski definition) is 4. The largest absolute Gasteiger partial charge is 0.394 e. The number of nitrogens with one attached hydrogen (secondary N) is 1. The van der Waals surface area contributed by atoms with Crippen molar-refractivity contribution in [1.82, 2.24) is 14.5 Å². The zero-order chi connectivity index (χ0) is 14.7. The van der Waals surface area contributed by atoms with Crippen molar-refractivity contribution in [3.63, 3.8) is 0 Å². The molecule has 0 fully saturated rings. The van der Waals surface area contributed by atoms with Gasteiger partial charge in [-0.25, -0.2) is 9.97 Å². The number of aromatic nitrogens is 3. The molecule has 0 radical (unpaired) electrons. The lowest BCUT2D eigenvalue weighted by molar-refractivity contribution is 0.273. The first-order valence-corrected chi connectivity index (χ1v) is 6.95. The van der Waals surface area contributed by atoms with Crippen LogP contribution in [0.15, 0.2) is 48.9 Å².